The van der Waals surface area contributed by atoms with E-state index >= 15 is 0 Å². The van der Waals surface area contributed by atoms with E-state index in [4.69, 9.17) is 58.0 Å². The molecule has 2 aromatic rings. The molecule has 1 heterocycles. The first kappa shape index (κ1) is 24.0. The second kappa shape index (κ2) is 9.24. The Morgan fingerprint density at radius 2 is 1.72 bits per heavy atom. The highest BCUT2D eigenvalue weighted by Crippen LogP contribution is 2.65. The van der Waals surface area contributed by atoms with Crippen molar-refractivity contribution in [3.63, 3.8) is 0 Å². The van der Waals surface area contributed by atoms with Crippen LogP contribution in [-0.4, -0.2) is 33.1 Å². The fraction of sp³-hybridized carbons (Fsp3) is 0.286. The Morgan fingerprint density at radius 1 is 1.03 bits per heavy atom. The number of benzene rings is 2. The number of halogens is 5. The minimum Gasteiger partial charge on any atom is -0.341 e. The van der Waals surface area contributed by atoms with Gasteiger partial charge in [0.2, 0.25) is 11.0 Å². The number of thioether (sulfide) groups is 1. The minimum absolute atomic E-state index is 0.0830. The monoisotopic (exact) mass is 550 g/mol. The van der Waals surface area contributed by atoms with Crippen LogP contribution < -0.4 is 10.6 Å². The highest BCUT2D eigenvalue weighted by Gasteiger charge is 2.67. The number of rotatable bonds is 5. The van der Waals surface area contributed by atoms with Gasteiger partial charge in [0.15, 0.2) is 0 Å². The van der Waals surface area contributed by atoms with Crippen molar-refractivity contribution in [1.29, 1.82) is 0 Å². The van der Waals surface area contributed by atoms with Crippen LogP contribution in [0.1, 0.15) is 28.3 Å². The summed E-state index contributed by atoms with van der Waals surface area (Å²) in [6.07, 6.45) is 0.563. The molecule has 1 saturated carbocycles. The van der Waals surface area contributed by atoms with Crippen LogP contribution in [0.3, 0.4) is 0 Å². The number of hydrogen-bond donors (Lipinski definition) is 2. The predicted molar refractivity (Wildman–Crippen MR) is 131 cm³/mol. The average molecular weight is 553 g/mol. The highest BCUT2D eigenvalue weighted by molar-refractivity contribution is 8.14. The molecule has 32 heavy (non-hydrogen) atoms. The third-order valence-corrected chi connectivity index (χ3v) is 8.01. The molecule has 2 N–H and O–H groups in total. The van der Waals surface area contributed by atoms with Crippen LogP contribution >= 0.6 is 69.8 Å². The molecular weight excluding hydrogens is 538 g/mol. The smallest absolute Gasteiger partial charge is 0.253 e. The summed E-state index contributed by atoms with van der Waals surface area (Å²) in [5, 5.41) is 6.35. The minimum atomic E-state index is -1.33. The first-order valence-electron chi connectivity index (χ1n) is 9.49. The highest BCUT2D eigenvalue weighted by atomic mass is 35.5. The van der Waals surface area contributed by atoms with E-state index in [0.717, 1.165) is 0 Å². The number of alkyl halides is 2. The Labute approximate surface area is 213 Å². The first-order chi connectivity index (χ1) is 15.1. The van der Waals surface area contributed by atoms with Gasteiger partial charge in [-0.1, -0.05) is 46.6 Å². The van der Waals surface area contributed by atoms with Crippen LogP contribution in [0.4, 0.5) is 5.69 Å². The van der Waals surface area contributed by atoms with Gasteiger partial charge in [-0.15, -0.1) is 23.2 Å². The van der Waals surface area contributed by atoms with E-state index in [0.29, 0.717) is 33.5 Å². The molecule has 0 spiro atoms. The van der Waals surface area contributed by atoms with Crippen LogP contribution in [0.5, 0.6) is 0 Å². The number of anilines is 1. The molecule has 11 heteroatoms. The van der Waals surface area contributed by atoms with Crippen LogP contribution in [0.15, 0.2) is 36.4 Å². The summed E-state index contributed by atoms with van der Waals surface area (Å²) in [7, 11) is 0. The van der Waals surface area contributed by atoms with Gasteiger partial charge < -0.3 is 10.6 Å². The Kier molecular flexibility index (Phi) is 6.93. The zero-order valence-corrected chi connectivity index (χ0v) is 20.7. The summed E-state index contributed by atoms with van der Waals surface area (Å²) in [5.74, 6) is -1.50. The van der Waals surface area contributed by atoms with Crippen LogP contribution in [0.25, 0.3) is 0 Å². The maximum Gasteiger partial charge on any atom is 0.253 e. The molecule has 2 amide bonds. The molecule has 1 saturated heterocycles. The molecule has 0 aromatic heterocycles. The largest absolute Gasteiger partial charge is 0.341 e. The summed E-state index contributed by atoms with van der Waals surface area (Å²) in [6, 6.07) is 8.85. The van der Waals surface area contributed by atoms with E-state index in [1.165, 1.54) is 23.9 Å². The van der Waals surface area contributed by atoms with Gasteiger partial charge in [0.05, 0.1) is 22.5 Å². The van der Waals surface area contributed by atoms with Gasteiger partial charge in [0.25, 0.3) is 5.91 Å². The van der Waals surface area contributed by atoms with E-state index in [1.807, 2.05) is 0 Å². The van der Waals surface area contributed by atoms with Gasteiger partial charge in [-0.2, -0.15) is 0 Å². The van der Waals surface area contributed by atoms with Gasteiger partial charge in [0, 0.05) is 27.4 Å². The summed E-state index contributed by atoms with van der Waals surface area (Å²) in [4.78, 5) is 37.3. The molecule has 2 aliphatic rings. The van der Waals surface area contributed by atoms with Gasteiger partial charge in [-0.05, 0) is 48.4 Å². The van der Waals surface area contributed by atoms with Crippen molar-refractivity contribution in [3.8, 4) is 0 Å². The van der Waals surface area contributed by atoms with Crippen molar-refractivity contribution >= 4 is 92.4 Å². The van der Waals surface area contributed by atoms with E-state index in [-0.39, 0.29) is 15.7 Å². The normalized spacial score (nSPS) is 23.7. The van der Waals surface area contributed by atoms with Crippen LogP contribution in [0.2, 0.25) is 15.1 Å². The molecule has 3 atom stereocenters. The lowest BCUT2D eigenvalue weighted by Crippen LogP contribution is -2.37. The molecule has 1 aliphatic heterocycles. The maximum absolute atomic E-state index is 12.9. The molecule has 2 fully saturated rings. The fourth-order valence-corrected chi connectivity index (χ4v) is 6.19. The van der Waals surface area contributed by atoms with E-state index in [2.05, 4.69) is 10.6 Å². The summed E-state index contributed by atoms with van der Waals surface area (Å²) >= 11 is 32.3. The second-order valence-electron chi connectivity index (χ2n) is 7.50. The van der Waals surface area contributed by atoms with Gasteiger partial charge in [-0.25, -0.2) is 0 Å². The van der Waals surface area contributed by atoms with E-state index < -0.39 is 34.0 Å². The SMILES string of the molecule is O=C(NC1CCSC1=O)c1cc(NC(=O)[C@@H]2[C@@H](c3cc(Cl)cc(Cl)c3)C2(Cl)Cl)ccc1Cl. The lowest BCUT2D eigenvalue weighted by molar-refractivity contribution is -0.117. The Bertz CT molecular complexity index is 1110. The van der Waals surface area contributed by atoms with Gasteiger partial charge >= 0.3 is 0 Å². The molecule has 4 rings (SSSR count). The third-order valence-electron chi connectivity index (χ3n) is 5.30. The molecular formula is C21H15Cl5N2O3S. The molecule has 5 nitrogen and oxygen atoms in total. The molecule has 1 unspecified atom stereocenters. The summed E-state index contributed by atoms with van der Waals surface area (Å²) in [6.45, 7) is 0. The fourth-order valence-electron chi connectivity index (χ4n) is 3.68. The van der Waals surface area contributed by atoms with Crippen LogP contribution in [-0.2, 0) is 9.59 Å². The number of hydrogen-bond acceptors (Lipinski definition) is 4. The van der Waals surface area contributed by atoms with E-state index in [1.54, 1.807) is 24.3 Å². The Morgan fingerprint density at radius 3 is 2.34 bits per heavy atom. The van der Waals surface area contributed by atoms with Crippen molar-refractivity contribution in [1.82, 2.24) is 5.32 Å². The van der Waals surface area contributed by atoms with Crippen molar-refractivity contribution in [3.05, 3.63) is 62.6 Å². The maximum atomic E-state index is 12.9. The number of amides is 2. The molecule has 168 valence electrons. The Balaban J connectivity index is 1.49. The molecule has 1 aliphatic carbocycles. The zero-order valence-electron chi connectivity index (χ0n) is 16.1. The summed E-state index contributed by atoms with van der Waals surface area (Å²) < 4.78 is -1.33. The predicted octanol–water partition coefficient (Wildman–Crippen LogP) is 5.93. The van der Waals surface area contributed by atoms with Crippen molar-refractivity contribution in [2.45, 2.75) is 22.7 Å². The lowest BCUT2D eigenvalue weighted by Gasteiger charge is -2.13. The van der Waals surface area contributed by atoms with Gasteiger partial charge in [0.1, 0.15) is 4.33 Å². The standard InChI is InChI=1S/C21H15Cl5N2O3S/c22-10-5-9(6-11(23)7-10)16-17(21(16,25)26)19(30)27-12-1-2-14(24)13(8-12)18(29)28-15-3-4-32-20(15)31/h1-2,5-8,15-17H,3-4H2,(H,27,30)(H,28,29)/t15?,16-,17+/m1/s1. The number of carbonyl (C=O) groups is 3. The first-order valence-corrected chi connectivity index (χ1v) is 12.4. The number of carbonyl (C=O) groups excluding carboxylic acids is 3. The van der Waals surface area contributed by atoms with Crippen molar-refractivity contribution in [2.75, 3.05) is 11.1 Å². The number of nitrogens with one attached hydrogen (secondary N) is 2. The van der Waals surface area contributed by atoms with Crippen molar-refractivity contribution < 1.29 is 14.4 Å². The lowest BCUT2D eigenvalue weighted by atomic mass is 10.1. The zero-order chi connectivity index (χ0) is 23.2. The second-order valence-corrected chi connectivity index (χ2v) is 11.3. The molecule has 2 aromatic carbocycles. The molecule has 0 bridgehead atoms. The third kappa shape index (κ3) is 4.86. The Hall–Kier alpha value is -1.15. The summed E-state index contributed by atoms with van der Waals surface area (Å²) in [5.41, 5.74) is 1.14. The van der Waals surface area contributed by atoms with E-state index in [9.17, 15) is 14.4 Å². The van der Waals surface area contributed by atoms with Gasteiger partial charge in [-0.3, -0.25) is 14.4 Å². The van der Waals surface area contributed by atoms with Crippen molar-refractivity contribution in [2.24, 2.45) is 5.92 Å². The average Bonchev–Trinajstić information content (AvgIpc) is 3.07. The van der Waals surface area contributed by atoms with Crippen LogP contribution in [0, 0.1) is 5.92 Å². The topological polar surface area (TPSA) is 75.3 Å². The quantitative estimate of drug-likeness (QED) is 0.451. The molecule has 0 radical (unpaired) electrons.